The number of likely N-dealkylation sites (tertiary alicyclic amines) is 1. The average molecular weight is 392 g/mol. The Morgan fingerprint density at radius 3 is 2.62 bits per heavy atom. The van der Waals surface area contributed by atoms with Crippen molar-refractivity contribution in [3.8, 4) is 0 Å². The first kappa shape index (κ1) is 16.7. The van der Waals surface area contributed by atoms with Crippen LogP contribution in [0.2, 0.25) is 0 Å². The molecule has 1 fully saturated rings. The van der Waals surface area contributed by atoms with Gasteiger partial charge in [0.05, 0.1) is 17.8 Å². The number of halogens is 1. The summed E-state index contributed by atoms with van der Waals surface area (Å²) in [5, 5.41) is 13.1. The Labute approximate surface area is 148 Å². The highest BCUT2D eigenvalue weighted by Crippen LogP contribution is 2.26. The van der Waals surface area contributed by atoms with E-state index in [0.29, 0.717) is 13.1 Å². The van der Waals surface area contributed by atoms with Crippen LogP contribution in [0.4, 0.5) is 0 Å². The molecule has 1 amide bonds. The summed E-state index contributed by atoms with van der Waals surface area (Å²) < 4.78 is 2.64. The topological polar surface area (TPSA) is 75.4 Å². The van der Waals surface area contributed by atoms with Crippen LogP contribution in [-0.4, -0.2) is 44.8 Å². The summed E-state index contributed by atoms with van der Waals surface area (Å²) in [7, 11) is 0. The molecule has 1 aromatic heterocycles. The Kier molecular flexibility index (Phi) is 4.71. The second kappa shape index (κ2) is 6.76. The molecule has 0 saturated carbocycles. The Bertz CT molecular complexity index is 779. The monoisotopic (exact) mass is 391 g/mol. The van der Waals surface area contributed by atoms with E-state index in [2.05, 4.69) is 21.0 Å². The van der Waals surface area contributed by atoms with E-state index < -0.39 is 5.97 Å². The number of aromatic nitrogens is 2. The normalized spacial score (nSPS) is 15.5. The van der Waals surface area contributed by atoms with Crippen molar-refractivity contribution in [3.63, 3.8) is 0 Å². The minimum absolute atomic E-state index is 0.0407. The van der Waals surface area contributed by atoms with Gasteiger partial charge in [-0.25, -0.2) is 4.79 Å². The van der Waals surface area contributed by atoms with Crippen molar-refractivity contribution in [2.75, 3.05) is 13.1 Å². The van der Waals surface area contributed by atoms with Gasteiger partial charge >= 0.3 is 5.97 Å². The van der Waals surface area contributed by atoms with Gasteiger partial charge in [0.25, 0.3) is 5.91 Å². The minimum atomic E-state index is -0.973. The van der Waals surface area contributed by atoms with Gasteiger partial charge < -0.3 is 10.0 Å². The Morgan fingerprint density at radius 2 is 2.00 bits per heavy atom. The molecule has 7 heteroatoms. The molecule has 1 saturated heterocycles. The van der Waals surface area contributed by atoms with Gasteiger partial charge in [-0.3, -0.25) is 9.48 Å². The maximum atomic E-state index is 12.7. The van der Waals surface area contributed by atoms with Crippen LogP contribution in [0.25, 0.3) is 0 Å². The lowest BCUT2D eigenvalue weighted by Gasteiger charge is -2.32. The molecule has 6 nitrogen and oxygen atoms in total. The summed E-state index contributed by atoms with van der Waals surface area (Å²) >= 11 is 3.46. The fourth-order valence-electron chi connectivity index (χ4n) is 2.99. The molecule has 0 bridgehead atoms. The first-order valence-corrected chi connectivity index (χ1v) is 8.58. The van der Waals surface area contributed by atoms with Gasteiger partial charge in [-0.2, -0.15) is 5.10 Å². The largest absolute Gasteiger partial charge is 0.478 e. The van der Waals surface area contributed by atoms with Crippen molar-refractivity contribution in [3.05, 3.63) is 51.8 Å². The fourth-order valence-corrected chi connectivity index (χ4v) is 3.36. The second-order valence-corrected chi connectivity index (χ2v) is 6.80. The fraction of sp³-hybridized carbons (Fsp3) is 0.353. The molecule has 0 spiro atoms. The third-order valence-corrected chi connectivity index (χ3v) is 5.33. The van der Waals surface area contributed by atoms with Crippen LogP contribution in [-0.2, 0) is 0 Å². The molecule has 1 N–H and O–H groups in total. The van der Waals surface area contributed by atoms with Crippen molar-refractivity contribution in [1.82, 2.24) is 14.7 Å². The van der Waals surface area contributed by atoms with E-state index in [1.165, 1.54) is 6.20 Å². The molecule has 1 aromatic carbocycles. The first-order valence-electron chi connectivity index (χ1n) is 7.79. The molecule has 1 aliphatic heterocycles. The number of hydrogen-bond donors (Lipinski definition) is 1. The number of aromatic carboxylic acids is 1. The number of nitrogens with zero attached hydrogens (tertiary/aromatic N) is 3. The number of carbonyl (C=O) groups is 2. The van der Waals surface area contributed by atoms with Crippen molar-refractivity contribution in [2.24, 2.45) is 0 Å². The molecule has 3 rings (SSSR count). The van der Waals surface area contributed by atoms with E-state index in [0.717, 1.165) is 28.4 Å². The summed E-state index contributed by atoms with van der Waals surface area (Å²) in [5.41, 5.74) is 1.86. The smallest absolute Gasteiger partial charge is 0.338 e. The molecule has 24 heavy (non-hydrogen) atoms. The first-order chi connectivity index (χ1) is 11.5. The van der Waals surface area contributed by atoms with Crippen molar-refractivity contribution < 1.29 is 14.7 Å². The van der Waals surface area contributed by atoms with E-state index in [4.69, 9.17) is 5.11 Å². The van der Waals surface area contributed by atoms with E-state index in [1.807, 2.05) is 30.0 Å². The Hall–Kier alpha value is -2.15. The quantitative estimate of drug-likeness (QED) is 0.871. The highest BCUT2D eigenvalue weighted by Gasteiger charge is 2.26. The molecule has 0 atom stereocenters. The van der Waals surface area contributed by atoms with Gasteiger partial charge in [-0.1, -0.05) is 22.0 Å². The number of carbonyl (C=O) groups excluding carboxylic acids is 1. The number of piperidine rings is 1. The van der Waals surface area contributed by atoms with Crippen molar-refractivity contribution in [1.29, 1.82) is 0 Å². The summed E-state index contributed by atoms with van der Waals surface area (Å²) in [6.07, 6.45) is 4.45. The highest BCUT2D eigenvalue weighted by molar-refractivity contribution is 9.10. The molecular formula is C17H18BrN3O3. The third-order valence-electron chi connectivity index (χ3n) is 4.47. The van der Waals surface area contributed by atoms with Crippen LogP contribution in [0.3, 0.4) is 0 Å². The van der Waals surface area contributed by atoms with Crippen molar-refractivity contribution >= 4 is 27.8 Å². The van der Waals surface area contributed by atoms with Crippen LogP contribution in [0.5, 0.6) is 0 Å². The SMILES string of the molecule is Cc1c(Br)cccc1C(=O)N1CCC(n2cc(C(=O)O)cn2)CC1. The molecule has 0 radical (unpaired) electrons. The van der Waals surface area contributed by atoms with E-state index in [1.54, 1.807) is 10.9 Å². The number of carboxylic acid groups (broad SMARTS) is 1. The van der Waals surface area contributed by atoms with Gasteiger partial charge in [0, 0.05) is 29.3 Å². The number of hydrogen-bond acceptors (Lipinski definition) is 3. The summed E-state index contributed by atoms with van der Waals surface area (Å²) in [6.45, 7) is 3.21. The van der Waals surface area contributed by atoms with Crippen LogP contribution in [0.15, 0.2) is 35.1 Å². The zero-order valence-electron chi connectivity index (χ0n) is 13.3. The average Bonchev–Trinajstić information content (AvgIpc) is 3.07. The predicted molar refractivity (Wildman–Crippen MR) is 92.2 cm³/mol. The molecule has 1 aliphatic rings. The number of rotatable bonds is 3. The molecule has 2 aromatic rings. The van der Waals surface area contributed by atoms with Gasteiger partial charge in [0.2, 0.25) is 0 Å². The van der Waals surface area contributed by atoms with Crippen molar-refractivity contribution in [2.45, 2.75) is 25.8 Å². The summed E-state index contributed by atoms with van der Waals surface area (Å²) in [5.74, 6) is -0.932. The minimum Gasteiger partial charge on any atom is -0.478 e. The standard InChI is InChI=1S/C17H18BrN3O3/c1-11-14(3-2-4-15(11)18)16(22)20-7-5-13(6-8-20)21-10-12(9-19-21)17(23)24/h2-4,9-10,13H,5-8H2,1H3,(H,23,24). The van der Waals surface area contributed by atoms with Gasteiger partial charge in [-0.15, -0.1) is 0 Å². The van der Waals surface area contributed by atoms with Gasteiger partial charge in [-0.05, 0) is 37.5 Å². The predicted octanol–water partition coefficient (Wildman–Crippen LogP) is 3.13. The van der Waals surface area contributed by atoms with Crippen LogP contribution < -0.4 is 0 Å². The highest BCUT2D eigenvalue weighted by atomic mass is 79.9. The summed E-state index contributed by atoms with van der Waals surface area (Å²) in [6, 6.07) is 5.77. The molecule has 126 valence electrons. The van der Waals surface area contributed by atoms with E-state index in [-0.39, 0.29) is 17.5 Å². The lowest BCUT2D eigenvalue weighted by atomic mass is 10.0. The zero-order valence-corrected chi connectivity index (χ0v) is 14.9. The molecule has 0 unspecified atom stereocenters. The van der Waals surface area contributed by atoms with Crippen LogP contribution >= 0.6 is 15.9 Å². The number of benzene rings is 1. The maximum absolute atomic E-state index is 12.7. The molecule has 2 heterocycles. The van der Waals surface area contributed by atoms with Gasteiger partial charge in [0.15, 0.2) is 0 Å². The van der Waals surface area contributed by atoms with Crippen LogP contribution in [0, 0.1) is 6.92 Å². The van der Waals surface area contributed by atoms with Gasteiger partial charge in [0.1, 0.15) is 0 Å². The van der Waals surface area contributed by atoms with E-state index >= 15 is 0 Å². The number of amides is 1. The second-order valence-electron chi connectivity index (χ2n) is 5.95. The van der Waals surface area contributed by atoms with E-state index in [9.17, 15) is 9.59 Å². The Morgan fingerprint density at radius 1 is 1.29 bits per heavy atom. The van der Waals surface area contributed by atoms with Crippen LogP contribution in [0.1, 0.15) is 45.2 Å². The number of carboxylic acids is 1. The zero-order chi connectivity index (χ0) is 17.3. The summed E-state index contributed by atoms with van der Waals surface area (Å²) in [4.78, 5) is 25.5. The molecule has 0 aliphatic carbocycles. The lowest BCUT2D eigenvalue weighted by molar-refractivity contribution is 0.0687. The lowest BCUT2D eigenvalue weighted by Crippen LogP contribution is -2.39. The third kappa shape index (κ3) is 3.21. The Balaban J connectivity index is 1.67. The molecular weight excluding hydrogens is 374 g/mol. The maximum Gasteiger partial charge on any atom is 0.338 e.